The minimum absolute atomic E-state index is 0.0962. The van der Waals surface area contributed by atoms with Crippen LogP contribution in [0.2, 0.25) is 0 Å². The zero-order chi connectivity index (χ0) is 12.5. The summed E-state index contributed by atoms with van der Waals surface area (Å²) in [6, 6.07) is 0. The van der Waals surface area contributed by atoms with Crippen molar-refractivity contribution >= 4 is 0 Å². The fraction of sp³-hybridized carbons (Fsp3) is 1.00. The molecule has 0 radical (unpaired) electrons. The van der Waals surface area contributed by atoms with Crippen LogP contribution in [-0.4, -0.2) is 35.7 Å². The molecule has 2 heteroatoms. The molecule has 0 saturated heterocycles. The largest absolute Gasteiger partial charge is 0.392 e. The van der Waals surface area contributed by atoms with Crippen LogP contribution in [0.3, 0.4) is 0 Å². The fourth-order valence-electron chi connectivity index (χ4n) is 3.26. The lowest BCUT2D eigenvalue weighted by Gasteiger charge is -2.30. The molecule has 0 aromatic rings. The summed E-state index contributed by atoms with van der Waals surface area (Å²) in [6.45, 7) is 10.3. The van der Waals surface area contributed by atoms with Crippen LogP contribution in [0.25, 0.3) is 0 Å². The minimum Gasteiger partial charge on any atom is -0.392 e. The van der Waals surface area contributed by atoms with Gasteiger partial charge in [0.1, 0.15) is 0 Å². The summed E-state index contributed by atoms with van der Waals surface area (Å²) in [7, 11) is 0. The van der Waals surface area contributed by atoms with E-state index in [1.807, 2.05) is 0 Å². The summed E-state index contributed by atoms with van der Waals surface area (Å²) in [6.07, 6.45) is 6.39. The van der Waals surface area contributed by atoms with Crippen molar-refractivity contribution in [3.05, 3.63) is 0 Å². The van der Waals surface area contributed by atoms with Crippen molar-refractivity contribution < 1.29 is 5.11 Å². The third-order valence-corrected chi connectivity index (χ3v) is 4.65. The lowest BCUT2D eigenvalue weighted by molar-refractivity contribution is 0.0320. The smallest absolute Gasteiger partial charge is 0.0631 e. The molecule has 17 heavy (non-hydrogen) atoms. The quantitative estimate of drug-likeness (QED) is 0.770. The zero-order valence-corrected chi connectivity index (χ0v) is 11.8. The van der Waals surface area contributed by atoms with Crippen LogP contribution in [0, 0.1) is 17.3 Å². The first-order chi connectivity index (χ1) is 8.03. The van der Waals surface area contributed by atoms with E-state index in [0.29, 0.717) is 5.92 Å². The Bertz CT molecular complexity index is 247. The molecule has 0 aliphatic heterocycles. The highest BCUT2D eigenvalue weighted by Gasteiger charge is 2.41. The lowest BCUT2D eigenvalue weighted by Crippen LogP contribution is -2.37. The highest BCUT2D eigenvalue weighted by molar-refractivity contribution is 4.92. The lowest BCUT2D eigenvalue weighted by atomic mass is 9.87. The van der Waals surface area contributed by atoms with Crippen molar-refractivity contribution in [1.29, 1.82) is 0 Å². The van der Waals surface area contributed by atoms with Gasteiger partial charge in [-0.15, -0.1) is 0 Å². The molecule has 0 aromatic carbocycles. The molecule has 100 valence electrons. The van der Waals surface area contributed by atoms with Crippen LogP contribution >= 0.6 is 0 Å². The average molecular weight is 239 g/mol. The summed E-state index contributed by atoms with van der Waals surface area (Å²) < 4.78 is 0. The van der Waals surface area contributed by atoms with Crippen LogP contribution in [0.4, 0.5) is 0 Å². The maximum Gasteiger partial charge on any atom is 0.0631 e. The number of aliphatic hydroxyl groups is 1. The van der Waals surface area contributed by atoms with E-state index in [-0.39, 0.29) is 11.5 Å². The Balaban J connectivity index is 1.84. The van der Waals surface area contributed by atoms with Crippen molar-refractivity contribution in [2.45, 2.75) is 59.0 Å². The summed E-state index contributed by atoms with van der Waals surface area (Å²) >= 11 is 0. The van der Waals surface area contributed by atoms with E-state index in [0.717, 1.165) is 12.5 Å². The Morgan fingerprint density at radius 1 is 1.18 bits per heavy atom. The fourth-order valence-corrected chi connectivity index (χ4v) is 3.26. The van der Waals surface area contributed by atoms with Gasteiger partial charge < -0.3 is 10.0 Å². The van der Waals surface area contributed by atoms with Gasteiger partial charge in [-0.05, 0) is 55.9 Å². The Kier molecular flexibility index (Phi) is 4.14. The molecule has 0 heterocycles. The number of aliphatic hydroxyl groups excluding tert-OH is 1. The molecule has 2 fully saturated rings. The van der Waals surface area contributed by atoms with Crippen molar-refractivity contribution in [1.82, 2.24) is 4.90 Å². The van der Waals surface area contributed by atoms with Crippen molar-refractivity contribution in [2.24, 2.45) is 17.3 Å². The normalized spacial score (nSPS) is 32.3. The molecular formula is C15H29NO. The monoisotopic (exact) mass is 239 g/mol. The van der Waals surface area contributed by atoms with E-state index in [4.69, 9.17) is 0 Å². The van der Waals surface area contributed by atoms with Crippen LogP contribution in [-0.2, 0) is 0 Å². The van der Waals surface area contributed by atoms with Gasteiger partial charge in [-0.1, -0.05) is 20.8 Å². The summed E-state index contributed by atoms with van der Waals surface area (Å²) in [4.78, 5) is 2.60. The van der Waals surface area contributed by atoms with Crippen LogP contribution in [0.5, 0.6) is 0 Å². The molecule has 2 nitrogen and oxygen atoms in total. The molecule has 2 saturated carbocycles. The Hall–Kier alpha value is -0.0800. The molecule has 0 amide bonds. The summed E-state index contributed by atoms with van der Waals surface area (Å²) in [5, 5.41) is 10.4. The van der Waals surface area contributed by atoms with E-state index in [1.165, 1.54) is 45.2 Å². The first-order valence-corrected chi connectivity index (χ1v) is 7.43. The van der Waals surface area contributed by atoms with Gasteiger partial charge in [-0.2, -0.15) is 0 Å². The number of hydrogen-bond donors (Lipinski definition) is 1. The first-order valence-electron chi connectivity index (χ1n) is 7.43. The molecule has 1 N–H and O–H groups in total. The molecule has 0 bridgehead atoms. The van der Waals surface area contributed by atoms with Gasteiger partial charge in [0.15, 0.2) is 0 Å². The summed E-state index contributed by atoms with van der Waals surface area (Å²) in [5.74, 6) is 1.48. The average Bonchev–Trinajstić information content (AvgIpc) is 3.03. The van der Waals surface area contributed by atoms with Gasteiger partial charge in [0.05, 0.1) is 6.10 Å². The Labute approximate surface area is 106 Å². The number of rotatable bonds is 6. The molecule has 2 aliphatic rings. The maximum absolute atomic E-state index is 10.4. The van der Waals surface area contributed by atoms with Gasteiger partial charge in [0.2, 0.25) is 0 Å². The second kappa shape index (κ2) is 5.27. The molecule has 2 unspecified atom stereocenters. The third-order valence-electron chi connectivity index (χ3n) is 4.65. The van der Waals surface area contributed by atoms with Gasteiger partial charge in [0.25, 0.3) is 0 Å². The van der Waals surface area contributed by atoms with Crippen LogP contribution in [0.15, 0.2) is 0 Å². The first kappa shape index (κ1) is 13.4. The second-order valence-corrected chi connectivity index (χ2v) is 6.94. The molecular weight excluding hydrogens is 210 g/mol. The minimum atomic E-state index is -0.0962. The van der Waals surface area contributed by atoms with E-state index in [9.17, 15) is 5.11 Å². The molecule has 2 rings (SSSR count). The van der Waals surface area contributed by atoms with E-state index in [2.05, 4.69) is 25.7 Å². The van der Waals surface area contributed by atoms with Crippen molar-refractivity contribution in [3.8, 4) is 0 Å². The van der Waals surface area contributed by atoms with E-state index >= 15 is 0 Å². The molecule has 0 spiro atoms. The number of nitrogens with zero attached hydrogens (tertiary/aromatic N) is 1. The van der Waals surface area contributed by atoms with Crippen molar-refractivity contribution in [2.75, 3.05) is 19.6 Å². The zero-order valence-electron chi connectivity index (χ0n) is 11.8. The summed E-state index contributed by atoms with van der Waals surface area (Å²) in [5.41, 5.74) is 0.141. The third kappa shape index (κ3) is 3.45. The topological polar surface area (TPSA) is 23.5 Å². The van der Waals surface area contributed by atoms with Gasteiger partial charge in [-0.25, -0.2) is 0 Å². The predicted molar refractivity (Wildman–Crippen MR) is 72.0 cm³/mol. The molecule has 0 aromatic heterocycles. The highest BCUT2D eigenvalue weighted by atomic mass is 16.3. The van der Waals surface area contributed by atoms with Crippen molar-refractivity contribution in [3.63, 3.8) is 0 Å². The van der Waals surface area contributed by atoms with Gasteiger partial charge in [0, 0.05) is 13.1 Å². The Morgan fingerprint density at radius 3 is 2.35 bits per heavy atom. The molecule has 2 aliphatic carbocycles. The predicted octanol–water partition coefficient (Wildman–Crippen LogP) is 2.91. The maximum atomic E-state index is 10.4. The standard InChI is InChI=1S/C15H29NO/c1-4-9-16(10-12-5-6-12)11-13-7-8-15(2,3)14(13)17/h12-14,17H,4-11H2,1-3H3. The van der Waals surface area contributed by atoms with Gasteiger partial charge >= 0.3 is 0 Å². The van der Waals surface area contributed by atoms with Gasteiger partial charge in [-0.3, -0.25) is 0 Å². The van der Waals surface area contributed by atoms with E-state index < -0.39 is 0 Å². The van der Waals surface area contributed by atoms with E-state index in [1.54, 1.807) is 0 Å². The molecule has 2 atom stereocenters. The van der Waals surface area contributed by atoms with Crippen LogP contribution in [0.1, 0.15) is 52.9 Å². The second-order valence-electron chi connectivity index (χ2n) is 6.94. The van der Waals surface area contributed by atoms with Crippen LogP contribution < -0.4 is 0 Å². The highest BCUT2D eigenvalue weighted by Crippen LogP contribution is 2.41. The number of hydrogen-bond acceptors (Lipinski definition) is 2. The SMILES string of the molecule is CCCN(CC1CC1)CC1CCC(C)(C)C1O. The Morgan fingerprint density at radius 2 is 1.88 bits per heavy atom.